The fourth-order valence-electron chi connectivity index (χ4n) is 2.08. The molecule has 2 atom stereocenters. The molecule has 0 aliphatic carbocycles. The number of benzene rings is 1. The van der Waals surface area contributed by atoms with E-state index < -0.39 is 23.8 Å². The quantitative estimate of drug-likeness (QED) is 0.696. The fraction of sp³-hybridized carbons (Fsp3) is 0.357. The summed E-state index contributed by atoms with van der Waals surface area (Å²) in [7, 11) is 0. The number of pyridine rings is 1. The second-order valence-corrected chi connectivity index (χ2v) is 4.88. The molecule has 20 heavy (non-hydrogen) atoms. The van der Waals surface area contributed by atoms with Crippen molar-refractivity contribution in [2.24, 2.45) is 0 Å². The number of rotatable bonds is 3. The van der Waals surface area contributed by atoms with Gasteiger partial charge in [0.1, 0.15) is 0 Å². The molecule has 1 aromatic heterocycles. The van der Waals surface area contributed by atoms with Crippen molar-refractivity contribution >= 4 is 10.9 Å². The average molecular weight is 285 g/mol. The van der Waals surface area contributed by atoms with Gasteiger partial charge in [0, 0.05) is 22.6 Å². The lowest BCUT2D eigenvalue weighted by Crippen LogP contribution is -2.36. The zero-order valence-corrected chi connectivity index (χ0v) is 11.0. The molecule has 0 aliphatic rings. The first-order valence-electron chi connectivity index (χ1n) is 6.07. The third-order valence-electron chi connectivity index (χ3n) is 3.12. The number of fused-ring (bicyclic) bond motifs is 1. The van der Waals surface area contributed by atoms with Gasteiger partial charge in [-0.1, -0.05) is 0 Å². The summed E-state index contributed by atoms with van der Waals surface area (Å²) in [5.74, 6) is -3.82. The van der Waals surface area contributed by atoms with Gasteiger partial charge in [-0.25, -0.2) is 4.39 Å². The topological polar surface area (TPSA) is 47.2 Å². The van der Waals surface area contributed by atoms with Gasteiger partial charge in [0.2, 0.25) is 5.52 Å². The van der Waals surface area contributed by atoms with Gasteiger partial charge in [0.05, 0.1) is 6.10 Å². The Morgan fingerprint density at radius 3 is 2.55 bits per heavy atom. The standard InChI is InChI=1S/C14H14F3NO2/c1-8-5-10-6-11(3-4-12(10)18(20)7-8)14(16,17)13(15)9(2)19/h3-7,9,13,19H,1-2H3. The summed E-state index contributed by atoms with van der Waals surface area (Å²) < 4.78 is 41.9. The Hall–Kier alpha value is -1.82. The highest BCUT2D eigenvalue weighted by molar-refractivity contribution is 5.77. The smallest absolute Gasteiger partial charge is 0.306 e. The zero-order chi connectivity index (χ0) is 15.1. The summed E-state index contributed by atoms with van der Waals surface area (Å²) in [4.78, 5) is 0. The molecule has 0 bridgehead atoms. The zero-order valence-electron chi connectivity index (χ0n) is 11.0. The van der Waals surface area contributed by atoms with Crippen LogP contribution >= 0.6 is 0 Å². The Bertz CT molecular complexity index is 644. The number of aliphatic hydroxyl groups excluding tert-OH is 1. The molecule has 0 saturated heterocycles. The van der Waals surface area contributed by atoms with Crippen LogP contribution in [0.4, 0.5) is 13.2 Å². The van der Waals surface area contributed by atoms with Crippen LogP contribution in [0.3, 0.4) is 0 Å². The minimum Gasteiger partial charge on any atom is -0.618 e. The summed E-state index contributed by atoms with van der Waals surface area (Å²) in [6.07, 6.45) is -3.17. The first kappa shape index (κ1) is 14.6. The lowest BCUT2D eigenvalue weighted by atomic mass is 9.99. The number of nitrogens with zero attached hydrogens (tertiary/aromatic N) is 1. The van der Waals surface area contributed by atoms with Crippen molar-refractivity contribution in [2.75, 3.05) is 0 Å². The van der Waals surface area contributed by atoms with Crippen molar-refractivity contribution in [3.05, 3.63) is 46.8 Å². The molecular formula is C14H14F3NO2. The van der Waals surface area contributed by atoms with Gasteiger partial charge < -0.3 is 10.3 Å². The van der Waals surface area contributed by atoms with Crippen LogP contribution in [0.15, 0.2) is 30.5 Å². The van der Waals surface area contributed by atoms with E-state index in [0.717, 1.165) is 19.1 Å². The Morgan fingerprint density at radius 2 is 1.95 bits per heavy atom. The second-order valence-electron chi connectivity index (χ2n) is 4.88. The minimum absolute atomic E-state index is 0.225. The average Bonchev–Trinajstić information content (AvgIpc) is 2.36. The molecule has 0 spiro atoms. The van der Waals surface area contributed by atoms with E-state index in [0.29, 0.717) is 15.7 Å². The normalized spacial score (nSPS) is 15.3. The van der Waals surface area contributed by atoms with E-state index in [9.17, 15) is 18.4 Å². The Balaban J connectivity index is 2.56. The van der Waals surface area contributed by atoms with Crippen molar-refractivity contribution in [1.82, 2.24) is 0 Å². The maximum absolute atomic E-state index is 13.9. The summed E-state index contributed by atoms with van der Waals surface area (Å²) in [6.45, 7) is 2.63. The van der Waals surface area contributed by atoms with Gasteiger partial charge in [0.25, 0.3) is 0 Å². The van der Waals surface area contributed by atoms with Crippen LogP contribution in [0.2, 0.25) is 0 Å². The molecule has 1 N–H and O–H groups in total. The van der Waals surface area contributed by atoms with Crippen LogP contribution in [-0.2, 0) is 5.92 Å². The summed E-state index contributed by atoms with van der Waals surface area (Å²) >= 11 is 0. The molecule has 3 nitrogen and oxygen atoms in total. The molecule has 0 radical (unpaired) electrons. The number of hydrogen-bond acceptors (Lipinski definition) is 2. The van der Waals surface area contributed by atoms with E-state index in [4.69, 9.17) is 5.11 Å². The molecular weight excluding hydrogens is 271 g/mol. The number of halogens is 3. The molecule has 2 aromatic rings. The maximum atomic E-state index is 13.9. The predicted molar refractivity (Wildman–Crippen MR) is 68.1 cm³/mol. The van der Waals surface area contributed by atoms with Crippen molar-refractivity contribution in [3.8, 4) is 0 Å². The number of aryl methyl sites for hydroxylation is 1. The van der Waals surface area contributed by atoms with Crippen LogP contribution < -0.4 is 4.73 Å². The van der Waals surface area contributed by atoms with Crippen LogP contribution in [0.5, 0.6) is 0 Å². The van der Waals surface area contributed by atoms with E-state index in [1.807, 2.05) is 0 Å². The van der Waals surface area contributed by atoms with Gasteiger partial charge in [-0.2, -0.15) is 13.5 Å². The van der Waals surface area contributed by atoms with E-state index in [1.165, 1.54) is 12.3 Å². The number of alkyl halides is 3. The highest BCUT2D eigenvalue weighted by atomic mass is 19.3. The molecule has 0 aliphatic heterocycles. The molecule has 2 unspecified atom stereocenters. The van der Waals surface area contributed by atoms with Crippen molar-refractivity contribution in [3.63, 3.8) is 0 Å². The predicted octanol–water partition coefficient (Wildman–Crippen LogP) is 2.59. The van der Waals surface area contributed by atoms with Gasteiger partial charge in [-0.05, 0) is 32.0 Å². The highest BCUT2D eigenvalue weighted by Gasteiger charge is 2.44. The molecule has 0 amide bonds. The van der Waals surface area contributed by atoms with Crippen molar-refractivity contribution in [2.45, 2.75) is 32.0 Å². The van der Waals surface area contributed by atoms with E-state index in [1.54, 1.807) is 13.0 Å². The van der Waals surface area contributed by atoms with Crippen LogP contribution in [-0.4, -0.2) is 17.4 Å². The van der Waals surface area contributed by atoms with Crippen molar-refractivity contribution < 1.29 is 23.0 Å². The van der Waals surface area contributed by atoms with Gasteiger partial charge >= 0.3 is 5.92 Å². The van der Waals surface area contributed by atoms with E-state index >= 15 is 0 Å². The molecule has 0 fully saturated rings. The van der Waals surface area contributed by atoms with Gasteiger partial charge in [-0.15, -0.1) is 0 Å². The lowest BCUT2D eigenvalue weighted by molar-refractivity contribution is -0.577. The number of aliphatic hydroxyl groups is 1. The van der Waals surface area contributed by atoms with Crippen LogP contribution in [0.1, 0.15) is 18.1 Å². The molecule has 2 rings (SSSR count). The summed E-state index contributed by atoms with van der Waals surface area (Å²) in [6, 6.07) is 4.87. The number of aromatic nitrogens is 1. The van der Waals surface area contributed by atoms with Crippen LogP contribution in [0, 0.1) is 12.1 Å². The fourth-order valence-corrected chi connectivity index (χ4v) is 2.08. The third-order valence-corrected chi connectivity index (χ3v) is 3.12. The Morgan fingerprint density at radius 1 is 1.30 bits per heavy atom. The van der Waals surface area contributed by atoms with Gasteiger partial charge in [-0.3, -0.25) is 0 Å². The van der Waals surface area contributed by atoms with Crippen molar-refractivity contribution in [1.29, 1.82) is 0 Å². The Labute approximate surface area is 113 Å². The summed E-state index contributed by atoms with van der Waals surface area (Å²) in [5, 5.41) is 20.9. The summed E-state index contributed by atoms with van der Waals surface area (Å²) in [5.41, 5.74) is 0.270. The molecule has 0 saturated carbocycles. The monoisotopic (exact) mass is 285 g/mol. The highest BCUT2D eigenvalue weighted by Crippen LogP contribution is 2.36. The SMILES string of the molecule is Cc1cc2cc(C(F)(F)C(F)C(C)O)ccc2[n+]([O-])c1. The molecule has 108 valence electrons. The first-order chi connectivity index (χ1) is 9.23. The van der Waals surface area contributed by atoms with Gasteiger partial charge in [0.15, 0.2) is 12.4 Å². The third kappa shape index (κ3) is 2.43. The first-order valence-corrected chi connectivity index (χ1v) is 6.07. The largest absolute Gasteiger partial charge is 0.618 e. The Kier molecular flexibility index (Phi) is 3.60. The number of hydrogen-bond donors (Lipinski definition) is 1. The molecule has 1 aromatic carbocycles. The minimum atomic E-state index is -3.82. The molecule has 6 heteroatoms. The van der Waals surface area contributed by atoms with Crippen LogP contribution in [0.25, 0.3) is 10.9 Å². The second kappa shape index (κ2) is 4.94. The lowest BCUT2D eigenvalue weighted by Gasteiger charge is -2.23. The van der Waals surface area contributed by atoms with E-state index in [-0.39, 0.29) is 5.52 Å². The molecule has 1 heterocycles. The maximum Gasteiger partial charge on any atom is 0.306 e. The van der Waals surface area contributed by atoms with E-state index in [2.05, 4.69) is 0 Å².